The van der Waals surface area contributed by atoms with Crippen molar-refractivity contribution in [1.29, 1.82) is 0 Å². The number of aliphatic carboxylic acids is 2. The summed E-state index contributed by atoms with van der Waals surface area (Å²) in [4.78, 5) is 66.7. The normalized spacial score (nSPS) is 15.3. The molecule has 0 aliphatic carbocycles. The molecule has 1 heterocycles. The standard InChI is InChI=1S/C20H32N6O8/c1-3-10(2)16(21)19(32)26-14(8-27)18(31)24-12(4-5-15(28)29)17(30)25-13(20(33)34)6-11-7-22-9-23-11/h7,9-10,12-14,16,27H,3-6,8,21H2,1-2H3,(H,22,23)(H,24,31)(H,25,30)(H,26,32)(H,28,29)(H,33,34). The highest BCUT2D eigenvalue weighted by atomic mass is 16.4. The Morgan fingerprint density at radius 1 is 1.03 bits per heavy atom. The molecule has 34 heavy (non-hydrogen) atoms. The fourth-order valence-electron chi connectivity index (χ4n) is 2.87. The van der Waals surface area contributed by atoms with Crippen LogP contribution in [0.25, 0.3) is 0 Å². The van der Waals surface area contributed by atoms with Crippen LogP contribution in [0.15, 0.2) is 12.5 Å². The van der Waals surface area contributed by atoms with Crippen LogP contribution in [-0.4, -0.2) is 85.7 Å². The number of carbonyl (C=O) groups is 5. The maximum atomic E-state index is 12.7. The van der Waals surface area contributed by atoms with Gasteiger partial charge in [0, 0.05) is 24.7 Å². The third-order valence-electron chi connectivity index (χ3n) is 5.25. The third kappa shape index (κ3) is 9.15. The zero-order chi connectivity index (χ0) is 25.8. The predicted molar refractivity (Wildman–Crippen MR) is 117 cm³/mol. The van der Waals surface area contributed by atoms with E-state index in [9.17, 15) is 34.2 Å². The lowest BCUT2D eigenvalue weighted by molar-refractivity contribution is -0.143. The summed E-state index contributed by atoms with van der Waals surface area (Å²) in [6.07, 6.45) is 2.31. The van der Waals surface area contributed by atoms with Gasteiger partial charge >= 0.3 is 11.9 Å². The Hall–Kier alpha value is -3.52. The smallest absolute Gasteiger partial charge is 0.326 e. The summed E-state index contributed by atoms with van der Waals surface area (Å²) in [5.41, 5.74) is 6.26. The van der Waals surface area contributed by atoms with E-state index in [0.717, 1.165) is 0 Å². The van der Waals surface area contributed by atoms with Crippen LogP contribution in [0.4, 0.5) is 0 Å². The highest BCUT2D eigenvalue weighted by molar-refractivity contribution is 5.94. The van der Waals surface area contributed by atoms with Crippen molar-refractivity contribution in [2.45, 2.75) is 63.7 Å². The van der Waals surface area contributed by atoms with Crippen LogP contribution in [0.5, 0.6) is 0 Å². The van der Waals surface area contributed by atoms with Gasteiger partial charge in [-0.15, -0.1) is 0 Å². The lowest BCUT2D eigenvalue weighted by Gasteiger charge is -2.25. The molecule has 0 aliphatic heterocycles. The lowest BCUT2D eigenvalue weighted by atomic mass is 9.99. The number of carboxylic acid groups (broad SMARTS) is 2. The Labute approximate surface area is 195 Å². The number of nitrogens with two attached hydrogens (primary N) is 1. The number of rotatable bonds is 15. The van der Waals surface area contributed by atoms with Crippen LogP contribution in [-0.2, 0) is 30.4 Å². The van der Waals surface area contributed by atoms with Crippen molar-refractivity contribution in [3.8, 4) is 0 Å². The molecule has 0 fully saturated rings. The van der Waals surface area contributed by atoms with Gasteiger partial charge in [-0.1, -0.05) is 20.3 Å². The van der Waals surface area contributed by atoms with E-state index in [-0.39, 0.29) is 18.8 Å². The largest absolute Gasteiger partial charge is 0.481 e. The molecule has 190 valence electrons. The summed E-state index contributed by atoms with van der Waals surface area (Å²) in [6, 6.07) is -5.22. The van der Waals surface area contributed by atoms with Gasteiger partial charge in [-0.05, 0) is 12.3 Å². The van der Waals surface area contributed by atoms with Crippen molar-refractivity contribution in [2.24, 2.45) is 11.7 Å². The van der Waals surface area contributed by atoms with Gasteiger partial charge in [-0.2, -0.15) is 0 Å². The van der Waals surface area contributed by atoms with Crippen molar-refractivity contribution in [3.63, 3.8) is 0 Å². The number of amides is 3. The average molecular weight is 485 g/mol. The van der Waals surface area contributed by atoms with Gasteiger partial charge in [0.2, 0.25) is 17.7 Å². The molecule has 0 radical (unpaired) electrons. The Bertz CT molecular complexity index is 846. The molecule has 0 aromatic carbocycles. The minimum absolute atomic E-state index is 0.135. The number of carboxylic acids is 2. The first-order valence-corrected chi connectivity index (χ1v) is 10.7. The summed E-state index contributed by atoms with van der Waals surface area (Å²) in [6.45, 7) is 2.76. The highest BCUT2D eigenvalue weighted by Crippen LogP contribution is 2.06. The number of aromatic nitrogens is 2. The first-order valence-electron chi connectivity index (χ1n) is 10.7. The molecule has 3 amide bonds. The van der Waals surface area contributed by atoms with Gasteiger partial charge in [0.25, 0.3) is 0 Å². The zero-order valence-corrected chi connectivity index (χ0v) is 19.0. The molecular weight excluding hydrogens is 452 g/mol. The number of nitrogens with one attached hydrogen (secondary N) is 4. The number of aliphatic hydroxyl groups is 1. The monoisotopic (exact) mass is 484 g/mol. The highest BCUT2D eigenvalue weighted by Gasteiger charge is 2.31. The maximum Gasteiger partial charge on any atom is 0.326 e. The van der Waals surface area contributed by atoms with E-state index >= 15 is 0 Å². The van der Waals surface area contributed by atoms with E-state index in [2.05, 4.69) is 25.9 Å². The Morgan fingerprint density at radius 2 is 1.62 bits per heavy atom. The van der Waals surface area contributed by atoms with Crippen molar-refractivity contribution in [1.82, 2.24) is 25.9 Å². The maximum absolute atomic E-state index is 12.7. The van der Waals surface area contributed by atoms with Gasteiger partial charge < -0.3 is 42.0 Å². The van der Waals surface area contributed by atoms with E-state index in [1.165, 1.54) is 12.5 Å². The molecule has 1 aromatic rings. The molecule has 9 N–H and O–H groups in total. The number of carbonyl (C=O) groups excluding carboxylic acids is 3. The topological polar surface area (TPSA) is 237 Å². The molecule has 0 saturated heterocycles. The van der Waals surface area contributed by atoms with Gasteiger partial charge in [-0.3, -0.25) is 19.2 Å². The number of H-pyrrole nitrogens is 1. The Morgan fingerprint density at radius 3 is 2.12 bits per heavy atom. The summed E-state index contributed by atoms with van der Waals surface area (Å²) in [7, 11) is 0. The summed E-state index contributed by atoms with van der Waals surface area (Å²) in [5, 5.41) is 34.8. The second-order valence-electron chi connectivity index (χ2n) is 7.83. The minimum atomic E-state index is -1.46. The van der Waals surface area contributed by atoms with Gasteiger partial charge in [0.05, 0.1) is 19.0 Å². The van der Waals surface area contributed by atoms with E-state index in [0.29, 0.717) is 12.1 Å². The molecule has 0 aliphatic rings. The first kappa shape index (κ1) is 28.5. The van der Waals surface area contributed by atoms with E-state index in [1.807, 2.05) is 6.92 Å². The molecule has 0 spiro atoms. The average Bonchev–Trinajstić information content (AvgIpc) is 3.31. The number of hydrogen-bond acceptors (Lipinski definition) is 8. The molecule has 0 saturated carbocycles. The van der Waals surface area contributed by atoms with Crippen molar-refractivity contribution < 1.29 is 39.3 Å². The second kappa shape index (κ2) is 13.9. The van der Waals surface area contributed by atoms with Crippen LogP contribution in [0.2, 0.25) is 0 Å². The molecule has 5 unspecified atom stereocenters. The van der Waals surface area contributed by atoms with Crippen molar-refractivity contribution in [3.05, 3.63) is 18.2 Å². The molecule has 5 atom stereocenters. The number of hydrogen-bond donors (Lipinski definition) is 8. The fourth-order valence-corrected chi connectivity index (χ4v) is 2.87. The van der Waals surface area contributed by atoms with Crippen LogP contribution < -0.4 is 21.7 Å². The number of aromatic amines is 1. The number of nitrogens with zero attached hydrogens (tertiary/aromatic N) is 1. The van der Waals surface area contributed by atoms with E-state index < -0.39 is 66.9 Å². The Kier molecular flexibility index (Phi) is 11.7. The van der Waals surface area contributed by atoms with Crippen LogP contribution in [0, 0.1) is 5.92 Å². The van der Waals surface area contributed by atoms with Gasteiger partial charge in [-0.25, -0.2) is 9.78 Å². The summed E-state index contributed by atoms with van der Waals surface area (Å²) >= 11 is 0. The SMILES string of the molecule is CCC(C)C(N)C(=O)NC(CO)C(=O)NC(CCC(=O)O)C(=O)NC(Cc1cnc[nH]1)C(=O)O. The molecule has 14 heteroatoms. The fraction of sp³-hybridized carbons (Fsp3) is 0.600. The number of imidazole rings is 1. The summed E-state index contributed by atoms with van der Waals surface area (Å²) in [5.74, 6) is -5.38. The first-order chi connectivity index (χ1) is 16.0. The van der Waals surface area contributed by atoms with Crippen molar-refractivity contribution >= 4 is 29.7 Å². The van der Waals surface area contributed by atoms with Crippen LogP contribution >= 0.6 is 0 Å². The molecule has 1 rings (SSSR count). The van der Waals surface area contributed by atoms with Crippen LogP contribution in [0.1, 0.15) is 38.8 Å². The van der Waals surface area contributed by atoms with Gasteiger partial charge in [0.1, 0.15) is 18.1 Å². The number of aliphatic hydroxyl groups excluding tert-OH is 1. The molecular formula is C20H32N6O8. The Balaban J connectivity index is 2.92. The molecule has 14 nitrogen and oxygen atoms in total. The second-order valence-corrected chi connectivity index (χ2v) is 7.83. The van der Waals surface area contributed by atoms with Crippen molar-refractivity contribution in [2.75, 3.05) is 6.61 Å². The molecule has 1 aromatic heterocycles. The predicted octanol–water partition coefficient (Wildman–Crippen LogP) is -2.28. The molecule has 0 bridgehead atoms. The lowest BCUT2D eigenvalue weighted by Crippen LogP contribution is -2.58. The quantitative estimate of drug-likeness (QED) is 0.133. The van der Waals surface area contributed by atoms with Crippen LogP contribution in [0.3, 0.4) is 0 Å². The zero-order valence-electron chi connectivity index (χ0n) is 19.0. The van der Waals surface area contributed by atoms with E-state index in [4.69, 9.17) is 10.8 Å². The van der Waals surface area contributed by atoms with E-state index in [1.54, 1.807) is 6.92 Å². The van der Waals surface area contributed by atoms with Gasteiger partial charge in [0.15, 0.2) is 0 Å². The minimum Gasteiger partial charge on any atom is -0.481 e. The third-order valence-corrected chi connectivity index (χ3v) is 5.25. The summed E-state index contributed by atoms with van der Waals surface area (Å²) < 4.78 is 0.